The molecule has 0 atom stereocenters. The Morgan fingerprint density at radius 2 is 1.87 bits per heavy atom. The van der Waals surface area contributed by atoms with Crippen LogP contribution in [0.25, 0.3) is 11.3 Å². The summed E-state index contributed by atoms with van der Waals surface area (Å²) in [5, 5.41) is 4.36. The van der Waals surface area contributed by atoms with Crippen LogP contribution in [0.1, 0.15) is 16.1 Å². The van der Waals surface area contributed by atoms with Gasteiger partial charge < -0.3 is 9.26 Å². The number of ether oxygens (including phenoxy) is 1. The molecule has 0 saturated heterocycles. The van der Waals surface area contributed by atoms with Gasteiger partial charge in [-0.2, -0.15) is 0 Å². The topological polar surface area (TPSA) is 52.3 Å². The summed E-state index contributed by atoms with van der Waals surface area (Å²) in [5.74, 6) is 0.0409. The Bertz CT molecular complexity index is 831. The number of benzene rings is 2. The second-order valence-corrected chi connectivity index (χ2v) is 5.51. The Morgan fingerprint density at radius 3 is 2.65 bits per heavy atom. The molecule has 2 aromatic carbocycles. The Morgan fingerprint density at radius 1 is 1.09 bits per heavy atom. The van der Waals surface area contributed by atoms with Crippen LogP contribution in [-0.4, -0.2) is 11.1 Å². The van der Waals surface area contributed by atoms with Gasteiger partial charge in [0.25, 0.3) is 0 Å². The lowest BCUT2D eigenvalue weighted by Crippen LogP contribution is -2.06. The largest absolute Gasteiger partial charge is 0.455 e. The van der Waals surface area contributed by atoms with Crippen molar-refractivity contribution in [2.75, 3.05) is 0 Å². The molecular weight excluding hydrogens is 337 g/mol. The number of esters is 1. The number of rotatable bonds is 4. The Kier molecular flexibility index (Phi) is 4.65. The van der Waals surface area contributed by atoms with Gasteiger partial charge in [0, 0.05) is 11.6 Å². The summed E-state index contributed by atoms with van der Waals surface area (Å²) in [4.78, 5) is 12.0. The molecule has 0 unspecified atom stereocenters. The minimum Gasteiger partial charge on any atom is -0.455 e. The van der Waals surface area contributed by atoms with Gasteiger partial charge in [-0.25, -0.2) is 4.79 Å². The third-order valence-electron chi connectivity index (χ3n) is 3.14. The summed E-state index contributed by atoms with van der Waals surface area (Å²) >= 11 is 11.9. The molecule has 0 amide bonds. The zero-order valence-corrected chi connectivity index (χ0v) is 13.3. The SMILES string of the molecule is O=C(OCc1cc(-c2ccccc2)on1)c1cccc(Cl)c1Cl. The zero-order chi connectivity index (χ0) is 16.2. The van der Waals surface area contributed by atoms with Crippen molar-refractivity contribution in [1.82, 2.24) is 5.16 Å². The van der Waals surface area contributed by atoms with Gasteiger partial charge in [-0.1, -0.05) is 64.8 Å². The van der Waals surface area contributed by atoms with Crippen molar-refractivity contribution in [2.24, 2.45) is 0 Å². The predicted molar refractivity (Wildman–Crippen MR) is 87.5 cm³/mol. The Labute approximate surface area is 142 Å². The minimum atomic E-state index is -0.568. The number of halogens is 2. The van der Waals surface area contributed by atoms with Crippen LogP contribution in [0.3, 0.4) is 0 Å². The quantitative estimate of drug-likeness (QED) is 0.622. The fourth-order valence-corrected chi connectivity index (χ4v) is 2.37. The number of hydrogen-bond acceptors (Lipinski definition) is 4. The molecule has 0 aliphatic carbocycles. The monoisotopic (exact) mass is 347 g/mol. The van der Waals surface area contributed by atoms with E-state index in [2.05, 4.69) is 5.16 Å². The highest BCUT2D eigenvalue weighted by Crippen LogP contribution is 2.26. The molecule has 116 valence electrons. The summed E-state index contributed by atoms with van der Waals surface area (Å²) in [6, 6.07) is 16.0. The molecule has 6 heteroatoms. The summed E-state index contributed by atoms with van der Waals surface area (Å²) in [6.07, 6.45) is 0. The van der Waals surface area contributed by atoms with E-state index in [-0.39, 0.29) is 17.2 Å². The third kappa shape index (κ3) is 3.55. The van der Waals surface area contributed by atoms with E-state index in [1.54, 1.807) is 24.3 Å². The average Bonchev–Trinajstić information content (AvgIpc) is 3.05. The highest BCUT2D eigenvalue weighted by molar-refractivity contribution is 6.43. The first-order chi connectivity index (χ1) is 11.1. The first-order valence-corrected chi connectivity index (χ1v) is 7.53. The maximum absolute atomic E-state index is 12.0. The van der Waals surface area contributed by atoms with E-state index in [1.807, 2.05) is 30.3 Å². The second kappa shape index (κ2) is 6.86. The zero-order valence-electron chi connectivity index (χ0n) is 11.8. The van der Waals surface area contributed by atoms with Crippen molar-refractivity contribution in [3.05, 3.63) is 75.9 Å². The van der Waals surface area contributed by atoms with Gasteiger partial charge >= 0.3 is 5.97 Å². The first kappa shape index (κ1) is 15.6. The third-order valence-corrected chi connectivity index (χ3v) is 3.96. The summed E-state index contributed by atoms with van der Waals surface area (Å²) in [7, 11) is 0. The molecule has 0 spiro atoms. The molecule has 0 aliphatic heterocycles. The van der Waals surface area contributed by atoms with Crippen LogP contribution in [0.2, 0.25) is 10.0 Å². The van der Waals surface area contributed by atoms with E-state index < -0.39 is 5.97 Å². The fourth-order valence-electron chi connectivity index (χ4n) is 2.00. The van der Waals surface area contributed by atoms with E-state index in [1.165, 1.54) is 0 Å². The Balaban J connectivity index is 1.68. The Hall–Kier alpha value is -2.30. The number of nitrogens with zero attached hydrogens (tertiary/aromatic N) is 1. The lowest BCUT2D eigenvalue weighted by Gasteiger charge is -2.05. The average molecular weight is 348 g/mol. The van der Waals surface area contributed by atoms with E-state index in [0.717, 1.165) is 5.56 Å². The highest BCUT2D eigenvalue weighted by atomic mass is 35.5. The van der Waals surface area contributed by atoms with Gasteiger partial charge in [-0.15, -0.1) is 0 Å². The van der Waals surface area contributed by atoms with E-state index in [4.69, 9.17) is 32.5 Å². The van der Waals surface area contributed by atoms with Crippen molar-refractivity contribution >= 4 is 29.2 Å². The molecule has 23 heavy (non-hydrogen) atoms. The maximum Gasteiger partial charge on any atom is 0.340 e. The van der Waals surface area contributed by atoms with Crippen molar-refractivity contribution in [2.45, 2.75) is 6.61 Å². The molecule has 0 aliphatic rings. The van der Waals surface area contributed by atoms with Crippen LogP contribution in [0, 0.1) is 0 Å². The highest BCUT2D eigenvalue weighted by Gasteiger charge is 2.15. The van der Waals surface area contributed by atoms with Crippen molar-refractivity contribution in [1.29, 1.82) is 0 Å². The molecule has 0 fully saturated rings. The van der Waals surface area contributed by atoms with Crippen molar-refractivity contribution in [3.63, 3.8) is 0 Å². The maximum atomic E-state index is 12.0. The smallest absolute Gasteiger partial charge is 0.340 e. The van der Waals surface area contributed by atoms with Gasteiger partial charge in [0.1, 0.15) is 12.3 Å². The number of carbonyl (C=O) groups excluding carboxylic acids is 1. The minimum absolute atomic E-state index is 0.0159. The van der Waals surface area contributed by atoms with Crippen LogP contribution < -0.4 is 0 Å². The molecule has 0 radical (unpaired) electrons. The number of aromatic nitrogens is 1. The van der Waals surface area contributed by atoms with Gasteiger partial charge in [-0.05, 0) is 12.1 Å². The first-order valence-electron chi connectivity index (χ1n) is 6.77. The van der Waals surface area contributed by atoms with Crippen LogP contribution in [0.4, 0.5) is 0 Å². The molecular formula is C17H11Cl2NO3. The molecule has 1 aromatic heterocycles. The second-order valence-electron chi connectivity index (χ2n) is 4.73. The molecule has 1 heterocycles. The van der Waals surface area contributed by atoms with Gasteiger partial charge in [0.2, 0.25) is 0 Å². The van der Waals surface area contributed by atoms with Crippen LogP contribution in [0.5, 0.6) is 0 Å². The summed E-state index contributed by atoms with van der Waals surface area (Å²) in [6.45, 7) is -0.0159. The molecule has 4 nitrogen and oxygen atoms in total. The summed E-state index contributed by atoms with van der Waals surface area (Å²) < 4.78 is 10.4. The molecule has 0 bridgehead atoms. The van der Waals surface area contributed by atoms with Gasteiger partial charge in [0.15, 0.2) is 5.76 Å². The van der Waals surface area contributed by atoms with Crippen molar-refractivity contribution in [3.8, 4) is 11.3 Å². The molecule has 0 N–H and O–H groups in total. The van der Waals surface area contributed by atoms with Crippen molar-refractivity contribution < 1.29 is 14.1 Å². The van der Waals surface area contributed by atoms with E-state index in [0.29, 0.717) is 16.5 Å². The number of carbonyl (C=O) groups is 1. The standard InChI is InChI=1S/C17H11Cl2NO3/c18-14-8-4-7-13(16(14)19)17(21)22-10-12-9-15(23-20-12)11-5-2-1-3-6-11/h1-9H,10H2. The number of hydrogen-bond donors (Lipinski definition) is 0. The van der Waals surface area contributed by atoms with Crippen LogP contribution in [0.15, 0.2) is 59.1 Å². The van der Waals surface area contributed by atoms with Crippen LogP contribution >= 0.6 is 23.2 Å². The van der Waals surface area contributed by atoms with Crippen LogP contribution in [-0.2, 0) is 11.3 Å². The lowest BCUT2D eigenvalue weighted by atomic mass is 10.2. The predicted octanol–water partition coefficient (Wildman–Crippen LogP) is 5.01. The lowest BCUT2D eigenvalue weighted by molar-refractivity contribution is 0.0464. The normalized spacial score (nSPS) is 10.5. The van der Waals surface area contributed by atoms with E-state index >= 15 is 0 Å². The molecule has 3 aromatic rings. The van der Waals surface area contributed by atoms with Gasteiger partial charge in [-0.3, -0.25) is 0 Å². The van der Waals surface area contributed by atoms with E-state index in [9.17, 15) is 4.79 Å². The molecule has 3 rings (SSSR count). The molecule has 0 saturated carbocycles. The summed E-state index contributed by atoms with van der Waals surface area (Å²) in [5.41, 5.74) is 1.62. The van der Waals surface area contributed by atoms with Gasteiger partial charge in [0.05, 0.1) is 15.6 Å². The fraction of sp³-hybridized carbons (Fsp3) is 0.0588.